The normalized spacial score (nSPS) is 16.1. The Bertz CT molecular complexity index is 557. The first-order valence-corrected chi connectivity index (χ1v) is 9.33. The number of carbonyl (C=O) groups excluding carboxylic acids is 2. The maximum atomic E-state index is 12.3. The lowest BCUT2D eigenvalue weighted by Crippen LogP contribution is -2.50. The van der Waals surface area contributed by atoms with Gasteiger partial charge in [-0.05, 0) is 37.2 Å². The van der Waals surface area contributed by atoms with E-state index < -0.39 is 6.04 Å². The van der Waals surface area contributed by atoms with Gasteiger partial charge in [0.1, 0.15) is 0 Å². The van der Waals surface area contributed by atoms with Crippen LogP contribution in [-0.4, -0.2) is 41.9 Å². The lowest BCUT2D eigenvalue weighted by Gasteiger charge is -2.33. The molecule has 0 spiro atoms. The molecule has 1 aliphatic rings. The molecule has 1 heterocycles. The van der Waals surface area contributed by atoms with Crippen molar-refractivity contribution >= 4 is 24.2 Å². The molecule has 6 heteroatoms. The molecule has 0 radical (unpaired) electrons. The maximum absolute atomic E-state index is 12.3. The van der Waals surface area contributed by atoms with Crippen LogP contribution in [0.3, 0.4) is 0 Å². The lowest BCUT2D eigenvalue weighted by molar-refractivity contribution is -0.132. The van der Waals surface area contributed by atoms with Crippen LogP contribution in [0.2, 0.25) is 0 Å². The molecule has 146 valence electrons. The zero-order valence-corrected chi connectivity index (χ0v) is 16.6. The molecule has 2 amide bonds. The number of nitrogens with one attached hydrogen (secondary N) is 1. The van der Waals surface area contributed by atoms with Gasteiger partial charge in [0.25, 0.3) is 0 Å². The van der Waals surface area contributed by atoms with Crippen molar-refractivity contribution in [2.24, 2.45) is 11.7 Å². The van der Waals surface area contributed by atoms with Gasteiger partial charge in [-0.2, -0.15) is 0 Å². The standard InChI is InChI=1S/C20H31N3O2.ClH/c1-15(2)14-18(21)20(25)22-17-10-12-23(13-11-17)19(24)9-8-16-6-4-3-5-7-16;/h3-7,15,17-18H,8-14,21H2,1-2H3,(H,22,25);1H/t18-;/m0./s1. The van der Waals surface area contributed by atoms with Crippen molar-refractivity contribution in [2.45, 2.75) is 58.0 Å². The van der Waals surface area contributed by atoms with E-state index in [-0.39, 0.29) is 30.3 Å². The minimum Gasteiger partial charge on any atom is -0.352 e. The molecule has 0 bridgehead atoms. The Morgan fingerprint density at radius 2 is 1.81 bits per heavy atom. The Balaban J connectivity index is 0.00000338. The largest absolute Gasteiger partial charge is 0.352 e. The average molecular weight is 382 g/mol. The zero-order chi connectivity index (χ0) is 18.2. The van der Waals surface area contributed by atoms with Crippen LogP contribution in [0, 0.1) is 5.92 Å². The smallest absolute Gasteiger partial charge is 0.237 e. The molecule has 0 unspecified atom stereocenters. The maximum Gasteiger partial charge on any atom is 0.237 e. The second-order valence-corrected chi connectivity index (χ2v) is 7.39. The summed E-state index contributed by atoms with van der Waals surface area (Å²) in [4.78, 5) is 26.4. The first-order valence-electron chi connectivity index (χ1n) is 9.33. The lowest BCUT2D eigenvalue weighted by atomic mass is 10.0. The molecule has 1 saturated heterocycles. The number of halogens is 1. The average Bonchev–Trinajstić information content (AvgIpc) is 2.60. The molecule has 1 aromatic rings. The summed E-state index contributed by atoms with van der Waals surface area (Å²) in [6.07, 6.45) is 3.62. The fourth-order valence-corrected chi connectivity index (χ4v) is 3.25. The van der Waals surface area contributed by atoms with Gasteiger partial charge in [-0.15, -0.1) is 12.4 Å². The Morgan fingerprint density at radius 1 is 1.19 bits per heavy atom. The Labute approximate surface area is 163 Å². The van der Waals surface area contributed by atoms with E-state index >= 15 is 0 Å². The van der Waals surface area contributed by atoms with Crippen molar-refractivity contribution in [1.29, 1.82) is 0 Å². The second-order valence-electron chi connectivity index (χ2n) is 7.39. The van der Waals surface area contributed by atoms with Crippen molar-refractivity contribution < 1.29 is 9.59 Å². The predicted molar refractivity (Wildman–Crippen MR) is 107 cm³/mol. The van der Waals surface area contributed by atoms with Crippen LogP contribution in [0.1, 0.15) is 45.1 Å². The highest BCUT2D eigenvalue weighted by molar-refractivity contribution is 5.85. The van der Waals surface area contributed by atoms with Crippen molar-refractivity contribution in [3.8, 4) is 0 Å². The minimum absolute atomic E-state index is 0. The number of nitrogens with two attached hydrogens (primary N) is 1. The predicted octanol–water partition coefficient (Wildman–Crippen LogP) is 2.52. The van der Waals surface area contributed by atoms with Gasteiger partial charge in [-0.1, -0.05) is 44.2 Å². The Morgan fingerprint density at radius 3 is 2.38 bits per heavy atom. The summed E-state index contributed by atoms with van der Waals surface area (Å²) in [5.41, 5.74) is 7.12. The number of piperidine rings is 1. The third-order valence-corrected chi connectivity index (χ3v) is 4.73. The number of rotatable bonds is 7. The molecule has 0 aromatic heterocycles. The number of aryl methyl sites for hydroxylation is 1. The molecule has 0 saturated carbocycles. The van der Waals surface area contributed by atoms with Gasteiger partial charge in [-0.25, -0.2) is 0 Å². The molecule has 3 N–H and O–H groups in total. The van der Waals surface area contributed by atoms with E-state index in [4.69, 9.17) is 5.73 Å². The third kappa shape index (κ3) is 7.34. The monoisotopic (exact) mass is 381 g/mol. The summed E-state index contributed by atoms with van der Waals surface area (Å²) >= 11 is 0. The van der Waals surface area contributed by atoms with Gasteiger partial charge in [-0.3, -0.25) is 9.59 Å². The molecular weight excluding hydrogens is 350 g/mol. The van der Waals surface area contributed by atoms with Crippen molar-refractivity contribution in [1.82, 2.24) is 10.2 Å². The number of amides is 2. The fourth-order valence-electron chi connectivity index (χ4n) is 3.25. The van der Waals surface area contributed by atoms with E-state index in [0.717, 1.165) is 19.3 Å². The number of hydrogen-bond acceptors (Lipinski definition) is 3. The molecule has 1 aliphatic heterocycles. The summed E-state index contributed by atoms with van der Waals surface area (Å²) in [6, 6.07) is 9.77. The fraction of sp³-hybridized carbons (Fsp3) is 0.600. The first kappa shape index (κ1) is 22.5. The molecule has 5 nitrogen and oxygen atoms in total. The summed E-state index contributed by atoms with van der Waals surface area (Å²) < 4.78 is 0. The SMILES string of the molecule is CC(C)C[C@H](N)C(=O)NC1CCN(C(=O)CCc2ccccc2)CC1.Cl. The van der Waals surface area contributed by atoms with Gasteiger partial charge in [0.05, 0.1) is 6.04 Å². The quantitative estimate of drug-likeness (QED) is 0.762. The minimum atomic E-state index is -0.439. The van der Waals surface area contributed by atoms with Crippen molar-refractivity contribution in [2.75, 3.05) is 13.1 Å². The molecule has 1 fully saturated rings. The zero-order valence-electron chi connectivity index (χ0n) is 15.8. The van der Waals surface area contributed by atoms with E-state index in [1.165, 1.54) is 5.56 Å². The van der Waals surface area contributed by atoms with E-state index in [1.807, 2.05) is 23.1 Å². The van der Waals surface area contributed by atoms with Gasteiger partial charge >= 0.3 is 0 Å². The van der Waals surface area contributed by atoms with Crippen LogP contribution in [0.25, 0.3) is 0 Å². The van der Waals surface area contributed by atoms with E-state index in [2.05, 4.69) is 31.3 Å². The van der Waals surface area contributed by atoms with Crippen LogP contribution in [-0.2, 0) is 16.0 Å². The molecular formula is C20H32ClN3O2. The van der Waals surface area contributed by atoms with Crippen molar-refractivity contribution in [3.05, 3.63) is 35.9 Å². The molecule has 1 aromatic carbocycles. The molecule has 26 heavy (non-hydrogen) atoms. The van der Waals surface area contributed by atoms with Gasteiger partial charge in [0.2, 0.25) is 11.8 Å². The van der Waals surface area contributed by atoms with Gasteiger partial charge in [0.15, 0.2) is 0 Å². The number of carbonyl (C=O) groups is 2. The van der Waals surface area contributed by atoms with Gasteiger partial charge < -0.3 is 16.0 Å². The van der Waals surface area contributed by atoms with E-state index in [0.29, 0.717) is 31.8 Å². The summed E-state index contributed by atoms with van der Waals surface area (Å²) in [5.74, 6) is 0.539. The van der Waals surface area contributed by atoms with E-state index in [9.17, 15) is 9.59 Å². The molecule has 2 rings (SSSR count). The topological polar surface area (TPSA) is 75.4 Å². The number of hydrogen-bond donors (Lipinski definition) is 2. The third-order valence-electron chi connectivity index (χ3n) is 4.73. The number of nitrogens with zero attached hydrogens (tertiary/aromatic N) is 1. The Hall–Kier alpha value is -1.59. The summed E-state index contributed by atoms with van der Waals surface area (Å²) in [7, 11) is 0. The molecule has 1 atom stereocenters. The summed E-state index contributed by atoms with van der Waals surface area (Å²) in [6.45, 7) is 5.54. The number of likely N-dealkylation sites (tertiary alicyclic amines) is 1. The van der Waals surface area contributed by atoms with Crippen molar-refractivity contribution in [3.63, 3.8) is 0 Å². The van der Waals surface area contributed by atoms with Gasteiger partial charge in [0, 0.05) is 25.6 Å². The van der Waals surface area contributed by atoms with Crippen LogP contribution >= 0.6 is 12.4 Å². The van der Waals surface area contributed by atoms with Crippen LogP contribution < -0.4 is 11.1 Å². The summed E-state index contributed by atoms with van der Waals surface area (Å²) in [5, 5.41) is 3.04. The highest BCUT2D eigenvalue weighted by Crippen LogP contribution is 2.13. The van der Waals surface area contributed by atoms with E-state index in [1.54, 1.807) is 0 Å². The Kier molecular flexibility index (Phi) is 9.66. The molecule has 0 aliphatic carbocycles. The highest BCUT2D eigenvalue weighted by atomic mass is 35.5. The number of benzene rings is 1. The second kappa shape index (κ2) is 11.2. The van der Waals surface area contributed by atoms with Crippen LogP contribution in [0.5, 0.6) is 0 Å². The van der Waals surface area contributed by atoms with Crippen LogP contribution in [0.4, 0.5) is 0 Å². The highest BCUT2D eigenvalue weighted by Gasteiger charge is 2.25. The first-order chi connectivity index (χ1) is 12.0. The van der Waals surface area contributed by atoms with Crippen LogP contribution in [0.15, 0.2) is 30.3 Å².